The van der Waals surface area contributed by atoms with Crippen LogP contribution >= 0.6 is 0 Å². The highest BCUT2D eigenvalue weighted by Gasteiger charge is 2.45. The maximum atomic E-state index is 13.4. The molecule has 1 aromatic rings. The third-order valence-corrected chi connectivity index (χ3v) is 5.27. The Kier molecular flexibility index (Phi) is 4.86. The van der Waals surface area contributed by atoms with Gasteiger partial charge in [0.2, 0.25) is 5.91 Å². The zero-order valence-electron chi connectivity index (χ0n) is 15.5. The molecule has 0 aliphatic carbocycles. The molecule has 25 heavy (non-hydrogen) atoms. The Morgan fingerprint density at radius 1 is 1.04 bits per heavy atom. The van der Waals surface area contributed by atoms with E-state index in [1.165, 1.54) is 0 Å². The molecule has 3 rings (SSSR count). The van der Waals surface area contributed by atoms with E-state index in [0.29, 0.717) is 26.2 Å². The molecular formula is C18H29N5O2. The molecule has 2 amide bonds. The van der Waals surface area contributed by atoms with Gasteiger partial charge in [0.25, 0.3) is 5.91 Å². The number of nitrogens with zero attached hydrogens (tertiary/aromatic N) is 4. The van der Waals surface area contributed by atoms with Gasteiger partial charge in [-0.05, 0) is 32.0 Å². The van der Waals surface area contributed by atoms with E-state index in [-0.39, 0.29) is 17.2 Å². The lowest BCUT2D eigenvalue weighted by Crippen LogP contribution is -2.60. The van der Waals surface area contributed by atoms with Crippen LogP contribution in [0, 0.1) is 5.41 Å². The summed E-state index contributed by atoms with van der Waals surface area (Å²) in [6.45, 7) is 9.85. The Morgan fingerprint density at radius 3 is 2.16 bits per heavy atom. The number of piperidine rings is 1. The van der Waals surface area contributed by atoms with Crippen molar-refractivity contribution in [3.05, 3.63) is 18.5 Å². The van der Waals surface area contributed by atoms with E-state index < -0.39 is 5.54 Å². The lowest BCUT2D eigenvalue weighted by molar-refractivity contribution is -0.150. The first-order valence-corrected chi connectivity index (χ1v) is 9.14. The maximum absolute atomic E-state index is 13.4. The molecule has 0 saturated carbocycles. The van der Waals surface area contributed by atoms with Gasteiger partial charge < -0.3 is 15.1 Å². The molecule has 3 heterocycles. The predicted octanol–water partition coefficient (Wildman–Crippen LogP) is 0.679. The molecule has 1 N–H and O–H groups in total. The summed E-state index contributed by atoms with van der Waals surface area (Å²) < 4.78 is 1.84. The highest BCUT2D eigenvalue weighted by Crippen LogP contribution is 2.30. The molecule has 0 aromatic carbocycles. The number of nitrogens with one attached hydrogen (secondary N) is 1. The first-order chi connectivity index (χ1) is 11.8. The van der Waals surface area contributed by atoms with Crippen molar-refractivity contribution in [3.8, 4) is 0 Å². The second-order valence-corrected chi connectivity index (χ2v) is 8.07. The lowest BCUT2D eigenvalue weighted by atomic mass is 9.86. The van der Waals surface area contributed by atoms with Crippen molar-refractivity contribution in [2.45, 2.75) is 39.2 Å². The van der Waals surface area contributed by atoms with Crippen LogP contribution in [0.2, 0.25) is 0 Å². The number of carbonyl (C=O) groups excluding carboxylic acids is 2. The second-order valence-electron chi connectivity index (χ2n) is 8.07. The highest BCUT2D eigenvalue weighted by atomic mass is 16.2. The Labute approximate surface area is 149 Å². The van der Waals surface area contributed by atoms with Gasteiger partial charge in [0.05, 0.1) is 0 Å². The van der Waals surface area contributed by atoms with Gasteiger partial charge in [-0.15, -0.1) is 0 Å². The van der Waals surface area contributed by atoms with Crippen molar-refractivity contribution >= 4 is 11.8 Å². The zero-order valence-corrected chi connectivity index (χ0v) is 15.5. The minimum Gasteiger partial charge on any atom is -0.339 e. The van der Waals surface area contributed by atoms with Crippen LogP contribution < -0.4 is 5.32 Å². The van der Waals surface area contributed by atoms with Crippen LogP contribution in [0.5, 0.6) is 0 Å². The summed E-state index contributed by atoms with van der Waals surface area (Å²) in [6.07, 6.45) is 5.11. The van der Waals surface area contributed by atoms with Crippen molar-refractivity contribution in [2.24, 2.45) is 5.41 Å². The molecule has 138 valence electrons. The number of hydrogen-bond donors (Lipinski definition) is 1. The van der Waals surface area contributed by atoms with Crippen LogP contribution in [0.4, 0.5) is 0 Å². The summed E-state index contributed by atoms with van der Waals surface area (Å²) in [7, 11) is 0. The topological polar surface area (TPSA) is 70.5 Å². The fraction of sp³-hybridized carbons (Fsp3) is 0.722. The van der Waals surface area contributed by atoms with E-state index >= 15 is 0 Å². The molecule has 0 atom stereocenters. The summed E-state index contributed by atoms with van der Waals surface area (Å²) in [5.74, 6) is 0.295. The zero-order chi connectivity index (χ0) is 18.1. The quantitative estimate of drug-likeness (QED) is 0.854. The van der Waals surface area contributed by atoms with Gasteiger partial charge in [-0.2, -0.15) is 5.10 Å². The van der Waals surface area contributed by atoms with E-state index in [1.54, 1.807) is 6.20 Å². The van der Waals surface area contributed by atoms with E-state index in [9.17, 15) is 9.59 Å². The molecule has 7 nitrogen and oxygen atoms in total. The molecule has 1 aromatic heterocycles. The average molecular weight is 347 g/mol. The van der Waals surface area contributed by atoms with Crippen LogP contribution in [0.15, 0.2) is 18.5 Å². The first-order valence-electron chi connectivity index (χ1n) is 9.14. The van der Waals surface area contributed by atoms with Gasteiger partial charge in [-0.25, -0.2) is 0 Å². The largest absolute Gasteiger partial charge is 0.339 e. The highest BCUT2D eigenvalue weighted by molar-refractivity contribution is 5.85. The maximum Gasteiger partial charge on any atom is 0.250 e. The Bertz CT molecular complexity index is 606. The summed E-state index contributed by atoms with van der Waals surface area (Å²) in [5, 5.41) is 7.71. The van der Waals surface area contributed by atoms with Crippen LogP contribution in [-0.2, 0) is 15.1 Å². The van der Waals surface area contributed by atoms with Crippen molar-refractivity contribution in [2.75, 3.05) is 39.3 Å². The van der Waals surface area contributed by atoms with E-state index in [2.05, 4.69) is 10.4 Å². The standard InChI is InChI=1S/C18H29N5O2/c1-17(2,3)15(24)21-11-13-22(14-12-21)16(25)18(5-8-19-9-6-18)23-10-4-7-20-23/h4,7,10,19H,5-6,8-9,11-14H2,1-3H3. The normalized spacial score (nSPS) is 21.2. The molecule has 2 fully saturated rings. The number of aromatic nitrogens is 2. The van der Waals surface area contributed by atoms with E-state index in [0.717, 1.165) is 25.9 Å². The Hall–Kier alpha value is -1.89. The second kappa shape index (κ2) is 6.78. The van der Waals surface area contributed by atoms with E-state index in [4.69, 9.17) is 0 Å². The minimum absolute atomic E-state index is 0.139. The average Bonchev–Trinajstić information content (AvgIpc) is 3.15. The molecular weight excluding hydrogens is 318 g/mol. The molecule has 0 bridgehead atoms. The van der Waals surface area contributed by atoms with Crippen molar-refractivity contribution in [1.29, 1.82) is 0 Å². The molecule has 2 aliphatic rings. The summed E-state index contributed by atoms with van der Waals surface area (Å²) in [6, 6.07) is 1.87. The number of amides is 2. The number of piperazine rings is 1. The molecule has 0 radical (unpaired) electrons. The van der Waals surface area contributed by atoms with Gasteiger partial charge in [0, 0.05) is 44.0 Å². The summed E-state index contributed by atoms with van der Waals surface area (Å²) in [4.78, 5) is 29.6. The molecule has 7 heteroatoms. The van der Waals surface area contributed by atoms with Gasteiger partial charge >= 0.3 is 0 Å². The van der Waals surface area contributed by atoms with Crippen LogP contribution in [0.25, 0.3) is 0 Å². The smallest absolute Gasteiger partial charge is 0.250 e. The van der Waals surface area contributed by atoms with Crippen molar-refractivity contribution < 1.29 is 9.59 Å². The van der Waals surface area contributed by atoms with E-state index in [1.807, 2.05) is 47.5 Å². The monoisotopic (exact) mass is 347 g/mol. The summed E-state index contributed by atoms with van der Waals surface area (Å²) >= 11 is 0. The van der Waals surface area contributed by atoms with Gasteiger partial charge in [-0.3, -0.25) is 14.3 Å². The number of hydrogen-bond acceptors (Lipinski definition) is 4. The van der Waals surface area contributed by atoms with Gasteiger partial charge in [-0.1, -0.05) is 20.8 Å². The Balaban J connectivity index is 1.72. The molecule has 2 saturated heterocycles. The lowest BCUT2D eigenvalue weighted by Gasteiger charge is -2.43. The summed E-state index contributed by atoms with van der Waals surface area (Å²) in [5.41, 5.74) is -0.970. The van der Waals surface area contributed by atoms with Gasteiger partial charge in [0.15, 0.2) is 0 Å². The molecule has 0 spiro atoms. The first kappa shape index (κ1) is 17.9. The SMILES string of the molecule is CC(C)(C)C(=O)N1CCN(C(=O)C2(n3cccn3)CCNCC2)CC1. The van der Waals surface area contributed by atoms with Crippen LogP contribution in [0.3, 0.4) is 0 Å². The van der Waals surface area contributed by atoms with Crippen molar-refractivity contribution in [3.63, 3.8) is 0 Å². The predicted molar refractivity (Wildman–Crippen MR) is 94.9 cm³/mol. The number of rotatable bonds is 2. The van der Waals surface area contributed by atoms with Gasteiger partial charge in [0.1, 0.15) is 5.54 Å². The third kappa shape index (κ3) is 3.42. The third-order valence-electron chi connectivity index (χ3n) is 5.27. The Morgan fingerprint density at radius 2 is 1.64 bits per heavy atom. The molecule has 0 unspecified atom stereocenters. The van der Waals surface area contributed by atoms with Crippen LogP contribution in [-0.4, -0.2) is 70.7 Å². The van der Waals surface area contributed by atoms with Crippen molar-refractivity contribution in [1.82, 2.24) is 24.9 Å². The number of carbonyl (C=O) groups is 2. The molecule has 2 aliphatic heterocycles. The van der Waals surface area contributed by atoms with Crippen LogP contribution in [0.1, 0.15) is 33.6 Å². The minimum atomic E-state index is -0.592. The fourth-order valence-corrected chi connectivity index (χ4v) is 3.78. The fourth-order valence-electron chi connectivity index (χ4n) is 3.78.